The van der Waals surface area contributed by atoms with Crippen LogP contribution in [-0.4, -0.2) is 4.98 Å². The molecule has 0 aliphatic rings. The first-order valence-electron chi connectivity index (χ1n) is 5.59. The van der Waals surface area contributed by atoms with Gasteiger partial charge in [-0.25, -0.2) is 0 Å². The standard InChI is InChI=1S/C13H8F6N2/c14-12(15,16)9-3-8(4-10(20)5-9)7-1-2-11(21-6-7)13(17,18)19/h1-6H,20H2. The molecule has 0 amide bonds. The summed E-state index contributed by atoms with van der Waals surface area (Å²) in [5, 5.41) is 0. The van der Waals surface area contributed by atoms with Gasteiger partial charge in [-0.15, -0.1) is 0 Å². The minimum atomic E-state index is -4.61. The van der Waals surface area contributed by atoms with Gasteiger partial charge in [0, 0.05) is 17.4 Å². The van der Waals surface area contributed by atoms with Gasteiger partial charge in [0.25, 0.3) is 0 Å². The Labute approximate surface area is 115 Å². The average Bonchev–Trinajstić information content (AvgIpc) is 2.36. The first kappa shape index (κ1) is 15.1. The Morgan fingerprint density at radius 3 is 1.95 bits per heavy atom. The van der Waals surface area contributed by atoms with Crippen molar-refractivity contribution in [3.05, 3.63) is 47.8 Å². The molecule has 2 N–H and O–H groups in total. The summed E-state index contributed by atoms with van der Waals surface area (Å²) in [5.74, 6) is 0. The molecule has 2 aromatic rings. The first-order chi connectivity index (χ1) is 9.57. The number of nitrogens with two attached hydrogens (primary N) is 1. The summed E-state index contributed by atoms with van der Waals surface area (Å²) in [7, 11) is 0. The number of pyridine rings is 1. The SMILES string of the molecule is Nc1cc(-c2ccc(C(F)(F)F)nc2)cc(C(F)(F)F)c1. The van der Waals surface area contributed by atoms with Crippen LogP contribution in [0, 0.1) is 0 Å². The summed E-state index contributed by atoms with van der Waals surface area (Å²) in [6, 6.07) is 4.54. The molecular formula is C13H8F6N2. The van der Waals surface area contributed by atoms with Crippen molar-refractivity contribution < 1.29 is 26.3 Å². The van der Waals surface area contributed by atoms with Gasteiger partial charge >= 0.3 is 12.4 Å². The van der Waals surface area contributed by atoms with E-state index in [1.165, 1.54) is 6.07 Å². The predicted molar refractivity (Wildman–Crippen MR) is 64.1 cm³/mol. The molecule has 0 saturated carbocycles. The molecular weight excluding hydrogens is 298 g/mol. The molecule has 0 unspecified atom stereocenters. The minimum absolute atomic E-state index is 0.0450. The average molecular weight is 306 g/mol. The third-order valence-electron chi connectivity index (χ3n) is 2.67. The number of halogens is 6. The second kappa shape index (κ2) is 4.94. The maximum absolute atomic E-state index is 12.7. The highest BCUT2D eigenvalue weighted by molar-refractivity contribution is 5.68. The Bertz CT molecular complexity index is 643. The number of aromatic nitrogens is 1. The monoisotopic (exact) mass is 306 g/mol. The molecule has 0 saturated heterocycles. The van der Waals surface area contributed by atoms with E-state index in [-0.39, 0.29) is 16.8 Å². The normalized spacial score (nSPS) is 12.5. The lowest BCUT2D eigenvalue weighted by Crippen LogP contribution is -2.08. The van der Waals surface area contributed by atoms with Crippen molar-refractivity contribution in [2.75, 3.05) is 5.73 Å². The third kappa shape index (κ3) is 3.45. The van der Waals surface area contributed by atoms with Crippen molar-refractivity contribution in [1.82, 2.24) is 4.98 Å². The molecule has 0 aliphatic carbocycles. The first-order valence-corrected chi connectivity index (χ1v) is 5.59. The molecule has 1 aromatic carbocycles. The van der Waals surface area contributed by atoms with Gasteiger partial charge in [-0.2, -0.15) is 26.3 Å². The van der Waals surface area contributed by atoms with Gasteiger partial charge in [-0.1, -0.05) is 6.07 Å². The van der Waals surface area contributed by atoms with E-state index in [9.17, 15) is 26.3 Å². The largest absolute Gasteiger partial charge is 0.433 e. The molecule has 0 fully saturated rings. The van der Waals surface area contributed by atoms with Crippen LogP contribution in [0.5, 0.6) is 0 Å². The maximum Gasteiger partial charge on any atom is 0.433 e. The number of hydrogen-bond donors (Lipinski definition) is 1. The number of nitrogen functional groups attached to an aromatic ring is 1. The van der Waals surface area contributed by atoms with Gasteiger partial charge < -0.3 is 5.73 Å². The summed E-state index contributed by atoms with van der Waals surface area (Å²) >= 11 is 0. The highest BCUT2D eigenvalue weighted by Gasteiger charge is 2.33. The molecule has 1 aromatic heterocycles. The molecule has 8 heteroatoms. The maximum atomic E-state index is 12.7. The Morgan fingerprint density at radius 2 is 1.48 bits per heavy atom. The van der Waals surface area contributed by atoms with Crippen molar-refractivity contribution in [1.29, 1.82) is 0 Å². The number of anilines is 1. The lowest BCUT2D eigenvalue weighted by atomic mass is 10.0. The number of rotatable bonds is 1. The van der Waals surface area contributed by atoms with Crippen molar-refractivity contribution in [2.45, 2.75) is 12.4 Å². The molecule has 2 rings (SSSR count). The van der Waals surface area contributed by atoms with E-state index < -0.39 is 23.6 Å². The highest BCUT2D eigenvalue weighted by atomic mass is 19.4. The molecule has 0 radical (unpaired) electrons. The fraction of sp³-hybridized carbons (Fsp3) is 0.154. The second-order valence-corrected chi connectivity index (χ2v) is 4.27. The summed E-state index contributed by atoms with van der Waals surface area (Å²) in [6.07, 6.45) is -8.34. The number of hydrogen-bond acceptors (Lipinski definition) is 2. The van der Waals surface area contributed by atoms with E-state index in [1.807, 2.05) is 0 Å². The Hall–Kier alpha value is -2.25. The van der Waals surface area contributed by atoms with E-state index in [0.717, 1.165) is 24.4 Å². The van der Waals surface area contributed by atoms with Gasteiger partial charge in [-0.3, -0.25) is 4.98 Å². The fourth-order valence-corrected chi connectivity index (χ4v) is 1.71. The van der Waals surface area contributed by atoms with Crippen LogP contribution in [0.3, 0.4) is 0 Å². The third-order valence-corrected chi connectivity index (χ3v) is 2.67. The number of nitrogens with zero attached hydrogens (tertiary/aromatic N) is 1. The van der Waals surface area contributed by atoms with Crippen LogP contribution < -0.4 is 5.73 Å². The quantitative estimate of drug-likeness (QED) is 0.627. The zero-order chi connectivity index (χ0) is 15.8. The van der Waals surface area contributed by atoms with E-state index in [0.29, 0.717) is 6.07 Å². The van der Waals surface area contributed by atoms with Crippen LogP contribution in [0.2, 0.25) is 0 Å². The van der Waals surface area contributed by atoms with E-state index in [2.05, 4.69) is 4.98 Å². The minimum Gasteiger partial charge on any atom is -0.399 e. The molecule has 0 spiro atoms. The van der Waals surface area contributed by atoms with E-state index in [1.54, 1.807) is 0 Å². The molecule has 112 valence electrons. The van der Waals surface area contributed by atoms with Crippen LogP contribution in [0.4, 0.5) is 32.0 Å². The zero-order valence-electron chi connectivity index (χ0n) is 10.3. The number of benzene rings is 1. The molecule has 2 nitrogen and oxygen atoms in total. The van der Waals surface area contributed by atoms with Crippen molar-refractivity contribution >= 4 is 5.69 Å². The molecule has 0 atom stereocenters. The van der Waals surface area contributed by atoms with Crippen LogP contribution in [-0.2, 0) is 12.4 Å². The summed E-state index contributed by atoms with van der Waals surface area (Å²) < 4.78 is 75.1. The molecule has 0 aliphatic heterocycles. The van der Waals surface area contributed by atoms with Gasteiger partial charge in [-0.05, 0) is 29.8 Å². The lowest BCUT2D eigenvalue weighted by molar-refractivity contribution is -0.141. The van der Waals surface area contributed by atoms with Crippen molar-refractivity contribution in [3.8, 4) is 11.1 Å². The smallest absolute Gasteiger partial charge is 0.399 e. The van der Waals surface area contributed by atoms with E-state index >= 15 is 0 Å². The zero-order valence-corrected chi connectivity index (χ0v) is 10.3. The van der Waals surface area contributed by atoms with Gasteiger partial charge in [0.2, 0.25) is 0 Å². The van der Waals surface area contributed by atoms with Crippen LogP contribution >= 0.6 is 0 Å². The summed E-state index contributed by atoms with van der Waals surface area (Å²) in [6.45, 7) is 0. The second-order valence-electron chi connectivity index (χ2n) is 4.27. The molecule has 21 heavy (non-hydrogen) atoms. The Kier molecular flexibility index (Phi) is 3.56. The summed E-state index contributed by atoms with van der Waals surface area (Å²) in [4.78, 5) is 3.20. The number of alkyl halides is 6. The van der Waals surface area contributed by atoms with Crippen LogP contribution in [0.25, 0.3) is 11.1 Å². The Balaban J connectivity index is 2.45. The van der Waals surface area contributed by atoms with Crippen molar-refractivity contribution in [2.24, 2.45) is 0 Å². The fourth-order valence-electron chi connectivity index (χ4n) is 1.71. The van der Waals surface area contributed by atoms with Crippen LogP contribution in [0.1, 0.15) is 11.3 Å². The predicted octanol–water partition coefficient (Wildman–Crippen LogP) is 4.37. The highest BCUT2D eigenvalue weighted by Crippen LogP contribution is 2.34. The van der Waals surface area contributed by atoms with Crippen LogP contribution in [0.15, 0.2) is 36.5 Å². The van der Waals surface area contributed by atoms with Gasteiger partial charge in [0.1, 0.15) is 5.69 Å². The summed E-state index contributed by atoms with van der Waals surface area (Å²) in [5.41, 5.74) is 3.32. The van der Waals surface area contributed by atoms with E-state index in [4.69, 9.17) is 5.73 Å². The van der Waals surface area contributed by atoms with Gasteiger partial charge in [0.05, 0.1) is 5.56 Å². The molecule has 0 bridgehead atoms. The van der Waals surface area contributed by atoms with Crippen molar-refractivity contribution in [3.63, 3.8) is 0 Å². The van der Waals surface area contributed by atoms with Gasteiger partial charge in [0.15, 0.2) is 0 Å². The molecule has 1 heterocycles. The topological polar surface area (TPSA) is 38.9 Å². The Morgan fingerprint density at radius 1 is 0.810 bits per heavy atom. The lowest BCUT2D eigenvalue weighted by Gasteiger charge is -2.11.